The minimum atomic E-state index is 0.195. The third kappa shape index (κ3) is 4.46. The molecule has 0 fully saturated rings. The van der Waals surface area contributed by atoms with E-state index < -0.39 is 0 Å². The molecule has 0 heterocycles. The number of hydrogen-bond donors (Lipinski definition) is 1. The number of ether oxygens (including phenoxy) is 1. The molecule has 0 saturated carbocycles. The predicted octanol–water partition coefficient (Wildman–Crippen LogP) is 5.38. The normalized spacial score (nSPS) is 12.2. The van der Waals surface area contributed by atoms with Crippen LogP contribution < -0.4 is 10.1 Å². The molecule has 2 aromatic rings. The second-order valence-electron chi connectivity index (χ2n) is 4.72. The van der Waals surface area contributed by atoms with Crippen LogP contribution >= 0.6 is 43.5 Å². The van der Waals surface area contributed by atoms with Crippen molar-refractivity contribution in [2.75, 3.05) is 14.2 Å². The summed E-state index contributed by atoms with van der Waals surface area (Å²) in [4.78, 5) is 0. The lowest BCUT2D eigenvalue weighted by atomic mass is 9.99. The highest BCUT2D eigenvalue weighted by molar-refractivity contribution is 9.10. The molecule has 2 aromatic carbocycles. The number of halogens is 3. The van der Waals surface area contributed by atoms with E-state index in [2.05, 4.69) is 55.4 Å². The van der Waals surface area contributed by atoms with Gasteiger partial charge in [-0.2, -0.15) is 0 Å². The highest BCUT2D eigenvalue weighted by atomic mass is 79.9. The molecule has 0 amide bonds. The first-order chi connectivity index (χ1) is 10.0. The summed E-state index contributed by atoms with van der Waals surface area (Å²) in [6.07, 6.45) is 0.867. The Hall–Kier alpha value is -0.550. The van der Waals surface area contributed by atoms with Crippen molar-refractivity contribution in [1.82, 2.24) is 5.32 Å². The van der Waals surface area contributed by atoms with Gasteiger partial charge in [0.15, 0.2) is 0 Å². The minimum absolute atomic E-state index is 0.195. The molecular weight excluding hydrogens is 417 g/mol. The Bertz CT molecular complexity index is 613. The topological polar surface area (TPSA) is 21.3 Å². The Morgan fingerprint density at radius 3 is 2.52 bits per heavy atom. The molecular formula is C16H16Br2ClNO. The van der Waals surface area contributed by atoms with Gasteiger partial charge in [0.2, 0.25) is 0 Å². The molecule has 0 aliphatic heterocycles. The van der Waals surface area contributed by atoms with Gasteiger partial charge in [-0.1, -0.05) is 33.6 Å². The van der Waals surface area contributed by atoms with Gasteiger partial charge in [0.05, 0.1) is 11.6 Å². The summed E-state index contributed by atoms with van der Waals surface area (Å²) in [6, 6.07) is 12.3. The van der Waals surface area contributed by atoms with Crippen LogP contribution in [0.2, 0.25) is 5.02 Å². The lowest BCUT2D eigenvalue weighted by Crippen LogP contribution is -2.18. The summed E-state index contributed by atoms with van der Waals surface area (Å²) in [5.41, 5.74) is 2.38. The van der Waals surface area contributed by atoms with Crippen LogP contribution in [0, 0.1) is 0 Å². The molecule has 112 valence electrons. The van der Waals surface area contributed by atoms with Gasteiger partial charge in [0, 0.05) is 15.5 Å². The lowest BCUT2D eigenvalue weighted by molar-refractivity contribution is 0.412. The number of nitrogens with one attached hydrogen (secondary N) is 1. The highest BCUT2D eigenvalue weighted by Gasteiger charge is 2.13. The Balaban J connectivity index is 2.24. The van der Waals surface area contributed by atoms with Crippen LogP contribution in [-0.2, 0) is 6.42 Å². The summed E-state index contributed by atoms with van der Waals surface area (Å²) < 4.78 is 7.21. The summed E-state index contributed by atoms with van der Waals surface area (Å²) in [5, 5.41) is 4.08. The van der Waals surface area contributed by atoms with Gasteiger partial charge in [0.25, 0.3) is 0 Å². The van der Waals surface area contributed by atoms with E-state index in [0.717, 1.165) is 31.7 Å². The van der Waals surface area contributed by atoms with Crippen LogP contribution in [0.25, 0.3) is 0 Å². The largest absolute Gasteiger partial charge is 0.496 e. The molecule has 2 nitrogen and oxygen atoms in total. The van der Waals surface area contributed by atoms with Crippen molar-refractivity contribution in [2.45, 2.75) is 12.5 Å². The molecule has 0 saturated heterocycles. The monoisotopic (exact) mass is 431 g/mol. The van der Waals surface area contributed by atoms with Crippen LogP contribution in [0.1, 0.15) is 17.2 Å². The molecule has 0 aliphatic carbocycles. The summed E-state index contributed by atoms with van der Waals surface area (Å²) >= 11 is 13.2. The number of rotatable bonds is 5. The van der Waals surface area contributed by atoms with Crippen LogP contribution in [0.4, 0.5) is 0 Å². The molecule has 0 spiro atoms. The smallest absolute Gasteiger partial charge is 0.133 e. The standard InChI is InChI=1S/C16H16Br2ClNO/c1-20-15(11-7-12(17)9-13(19)8-11)6-10-3-4-16(21-2)14(18)5-10/h3-5,7-9,15,20H,6H2,1-2H3. The maximum Gasteiger partial charge on any atom is 0.133 e. The van der Waals surface area contributed by atoms with Gasteiger partial charge in [-0.15, -0.1) is 0 Å². The molecule has 21 heavy (non-hydrogen) atoms. The van der Waals surface area contributed by atoms with Gasteiger partial charge >= 0.3 is 0 Å². The molecule has 2 rings (SSSR count). The van der Waals surface area contributed by atoms with E-state index in [0.29, 0.717) is 0 Å². The van der Waals surface area contributed by atoms with Crippen LogP contribution in [0.3, 0.4) is 0 Å². The maximum absolute atomic E-state index is 6.14. The lowest BCUT2D eigenvalue weighted by Gasteiger charge is -2.18. The first kappa shape index (κ1) is 16.8. The average molecular weight is 434 g/mol. The zero-order valence-corrected chi connectivity index (χ0v) is 15.7. The Morgan fingerprint density at radius 1 is 1.19 bits per heavy atom. The van der Waals surface area contributed by atoms with Crippen molar-refractivity contribution >= 4 is 43.5 Å². The molecule has 1 unspecified atom stereocenters. The fourth-order valence-corrected chi connectivity index (χ4v) is 3.71. The predicted molar refractivity (Wildman–Crippen MR) is 95.4 cm³/mol. The van der Waals surface area contributed by atoms with Crippen LogP contribution in [0.15, 0.2) is 45.3 Å². The van der Waals surface area contributed by atoms with Crippen molar-refractivity contribution in [3.05, 3.63) is 61.5 Å². The van der Waals surface area contributed by atoms with Gasteiger partial charge in [-0.05, 0) is 70.9 Å². The quantitative estimate of drug-likeness (QED) is 0.684. The number of hydrogen-bond acceptors (Lipinski definition) is 2. The zero-order valence-electron chi connectivity index (χ0n) is 11.8. The van der Waals surface area contributed by atoms with Crippen LogP contribution in [-0.4, -0.2) is 14.2 Å². The van der Waals surface area contributed by atoms with Crippen LogP contribution in [0.5, 0.6) is 5.75 Å². The SMILES string of the molecule is CNC(Cc1ccc(OC)c(Br)c1)c1cc(Cl)cc(Br)c1. The molecule has 5 heteroatoms. The second kappa shape index (κ2) is 7.63. The molecule has 0 radical (unpaired) electrons. The van der Waals surface area contributed by atoms with Crippen molar-refractivity contribution in [2.24, 2.45) is 0 Å². The van der Waals surface area contributed by atoms with Gasteiger partial charge in [0.1, 0.15) is 5.75 Å². The fourth-order valence-electron chi connectivity index (χ4n) is 2.24. The zero-order chi connectivity index (χ0) is 15.4. The van der Waals surface area contributed by atoms with Gasteiger partial charge in [-0.3, -0.25) is 0 Å². The van der Waals surface area contributed by atoms with Crippen molar-refractivity contribution in [3.63, 3.8) is 0 Å². The first-order valence-electron chi connectivity index (χ1n) is 6.49. The summed E-state index contributed by atoms with van der Waals surface area (Å²) in [5.74, 6) is 0.838. The second-order valence-corrected chi connectivity index (χ2v) is 6.92. The molecule has 1 atom stereocenters. The number of likely N-dealkylation sites (N-methyl/N-ethyl adjacent to an activating group) is 1. The van der Waals surface area contributed by atoms with E-state index >= 15 is 0 Å². The molecule has 1 N–H and O–H groups in total. The van der Waals surface area contributed by atoms with Crippen molar-refractivity contribution in [3.8, 4) is 5.75 Å². The Kier molecular flexibility index (Phi) is 6.11. The molecule has 0 aliphatic rings. The third-order valence-corrected chi connectivity index (χ3v) is 4.59. The third-order valence-electron chi connectivity index (χ3n) is 3.29. The highest BCUT2D eigenvalue weighted by Crippen LogP contribution is 2.29. The van der Waals surface area contributed by atoms with Crippen molar-refractivity contribution in [1.29, 1.82) is 0 Å². The van der Waals surface area contributed by atoms with E-state index in [4.69, 9.17) is 16.3 Å². The maximum atomic E-state index is 6.14. The van der Waals surface area contributed by atoms with E-state index in [1.807, 2.05) is 25.2 Å². The molecule has 0 bridgehead atoms. The Labute approximate surface area is 147 Å². The van der Waals surface area contributed by atoms with Gasteiger partial charge < -0.3 is 10.1 Å². The fraction of sp³-hybridized carbons (Fsp3) is 0.250. The van der Waals surface area contributed by atoms with E-state index in [-0.39, 0.29) is 6.04 Å². The van der Waals surface area contributed by atoms with Gasteiger partial charge in [-0.25, -0.2) is 0 Å². The minimum Gasteiger partial charge on any atom is -0.496 e. The van der Waals surface area contributed by atoms with Crippen molar-refractivity contribution < 1.29 is 4.74 Å². The summed E-state index contributed by atoms with van der Waals surface area (Å²) in [7, 11) is 3.62. The van der Waals surface area contributed by atoms with E-state index in [1.165, 1.54) is 5.56 Å². The number of benzene rings is 2. The summed E-state index contributed by atoms with van der Waals surface area (Å²) in [6.45, 7) is 0. The average Bonchev–Trinajstić information content (AvgIpc) is 2.43. The molecule has 0 aromatic heterocycles. The first-order valence-corrected chi connectivity index (χ1v) is 8.45. The number of methoxy groups -OCH3 is 1. The van der Waals surface area contributed by atoms with E-state index in [9.17, 15) is 0 Å². The Morgan fingerprint density at radius 2 is 1.95 bits per heavy atom. The van der Waals surface area contributed by atoms with E-state index in [1.54, 1.807) is 7.11 Å².